The van der Waals surface area contributed by atoms with Gasteiger partial charge in [-0.2, -0.15) is 0 Å². The molecule has 6 N–H and O–H groups in total. The number of unbranched alkanes of at least 4 members (excludes halogenated alkanes) is 7. The molecule has 15 heteroatoms. The molecule has 0 heterocycles. The number of carbonyl (C=O) groups is 3. The number of carbonyl (C=O) groups excluding carboxylic acids is 3. The van der Waals surface area contributed by atoms with Crippen LogP contribution in [0.5, 0.6) is 0 Å². The van der Waals surface area contributed by atoms with E-state index in [9.17, 15) is 49.4 Å². The highest BCUT2D eigenvalue weighted by Crippen LogP contribution is 2.47. The van der Waals surface area contributed by atoms with E-state index in [2.05, 4.69) is 86.8 Å². The first-order valence-electron chi connectivity index (χ1n) is 23.0. The maximum absolute atomic E-state index is 12.8. The first-order chi connectivity index (χ1) is 30.8. The molecule has 1 fully saturated rings. The van der Waals surface area contributed by atoms with Crippen LogP contribution in [0.25, 0.3) is 0 Å². The zero-order chi connectivity index (χ0) is 47.3. The van der Waals surface area contributed by atoms with Crippen LogP contribution in [0.1, 0.15) is 136 Å². The predicted molar refractivity (Wildman–Crippen MR) is 249 cm³/mol. The van der Waals surface area contributed by atoms with Gasteiger partial charge in [0.25, 0.3) is 0 Å². The van der Waals surface area contributed by atoms with Crippen LogP contribution in [0.3, 0.4) is 0 Å². The van der Waals surface area contributed by atoms with Gasteiger partial charge in [0.1, 0.15) is 43.2 Å². The van der Waals surface area contributed by atoms with Crippen molar-refractivity contribution in [2.75, 3.05) is 13.2 Å². The lowest BCUT2D eigenvalue weighted by Crippen LogP contribution is -2.64. The molecule has 1 aliphatic rings. The zero-order valence-electron chi connectivity index (χ0n) is 38.0. The van der Waals surface area contributed by atoms with Crippen LogP contribution in [-0.4, -0.2) is 104 Å². The fourth-order valence-electron chi connectivity index (χ4n) is 6.17. The number of esters is 2. The van der Waals surface area contributed by atoms with Gasteiger partial charge < -0.3 is 39.9 Å². The molecule has 0 radical (unpaired) electrons. The minimum absolute atomic E-state index is 0.0125. The van der Waals surface area contributed by atoms with Crippen molar-refractivity contribution in [2.45, 2.75) is 179 Å². The minimum Gasteiger partial charge on any atom is -0.462 e. The van der Waals surface area contributed by atoms with Gasteiger partial charge in [-0.25, -0.2) is 4.57 Å². The van der Waals surface area contributed by atoms with Gasteiger partial charge in [-0.05, 0) is 83.1 Å². The quantitative estimate of drug-likeness (QED) is 0.00870. The molecule has 8 atom stereocenters. The average molecular weight is 921 g/mol. The van der Waals surface area contributed by atoms with Crippen molar-refractivity contribution in [1.82, 2.24) is 0 Å². The first-order valence-corrected chi connectivity index (χ1v) is 24.5. The number of hydrogen-bond donors (Lipinski definition) is 6. The molecule has 0 spiro atoms. The molecular weight excluding hydrogens is 843 g/mol. The van der Waals surface area contributed by atoms with Crippen LogP contribution in [0.15, 0.2) is 97.2 Å². The summed E-state index contributed by atoms with van der Waals surface area (Å²) in [5, 5.41) is 50.1. The second kappa shape index (κ2) is 37.6. The Labute approximate surface area is 381 Å². The third-order valence-corrected chi connectivity index (χ3v) is 10.9. The van der Waals surface area contributed by atoms with E-state index in [1.807, 2.05) is 6.08 Å². The second-order valence-electron chi connectivity index (χ2n) is 15.6. The van der Waals surface area contributed by atoms with Crippen LogP contribution in [0, 0.1) is 0 Å². The monoisotopic (exact) mass is 921 g/mol. The summed E-state index contributed by atoms with van der Waals surface area (Å²) in [6, 6.07) is 0. The number of phosphoric acid groups is 1. The number of phosphoric ester groups is 1. The number of rotatable bonds is 36. The number of aliphatic hydroxyl groups excluding tert-OH is 5. The highest BCUT2D eigenvalue weighted by molar-refractivity contribution is 7.47. The minimum atomic E-state index is -5.19. The van der Waals surface area contributed by atoms with Gasteiger partial charge in [0.05, 0.1) is 6.61 Å². The van der Waals surface area contributed by atoms with E-state index in [1.165, 1.54) is 25.3 Å². The van der Waals surface area contributed by atoms with E-state index in [-0.39, 0.29) is 31.5 Å². The molecule has 0 saturated heterocycles. The second-order valence-corrected chi connectivity index (χ2v) is 17.0. The van der Waals surface area contributed by atoms with Crippen LogP contribution in [0.2, 0.25) is 0 Å². The number of aliphatic hydroxyl groups is 5. The molecule has 0 aromatic heterocycles. The molecule has 14 nitrogen and oxygen atoms in total. The van der Waals surface area contributed by atoms with Crippen LogP contribution in [-0.2, 0) is 37.5 Å². The molecule has 3 unspecified atom stereocenters. The Morgan fingerprint density at radius 3 is 1.62 bits per heavy atom. The van der Waals surface area contributed by atoms with Crippen molar-refractivity contribution in [2.24, 2.45) is 0 Å². The van der Waals surface area contributed by atoms with E-state index in [0.29, 0.717) is 6.42 Å². The van der Waals surface area contributed by atoms with Crippen molar-refractivity contribution in [3.8, 4) is 0 Å². The lowest BCUT2D eigenvalue weighted by Gasteiger charge is -2.41. The first kappa shape index (κ1) is 58.5. The van der Waals surface area contributed by atoms with Crippen molar-refractivity contribution >= 4 is 25.5 Å². The maximum Gasteiger partial charge on any atom is 0.472 e. The SMILES string of the molecule is CC/C=C\C/C=C\C/C=C\C/C=C\CCCCCCC(=O)O[C@H](COC(=O)CCCC(=O)/C=C/C=C\C/C=C\C/C=C\CCCCC)COP(=O)(O)OC1[C@H](O)[C@H](O)C(O)[C@H](O)[C@H]1O. The summed E-state index contributed by atoms with van der Waals surface area (Å²) in [7, 11) is -5.19. The highest BCUT2D eigenvalue weighted by Gasteiger charge is 2.51. The fraction of sp³-hybridized carbons (Fsp3) is 0.612. The molecule has 0 aromatic rings. The summed E-state index contributed by atoms with van der Waals surface area (Å²) in [4.78, 5) is 48.0. The van der Waals surface area contributed by atoms with Gasteiger partial charge in [0.2, 0.25) is 0 Å². The summed E-state index contributed by atoms with van der Waals surface area (Å²) in [6.45, 7) is 2.91. The number of ketones is 1. The van der Waals surface area contributed by atoms with Gasteiger partial charge in [-0.3, -0.25) is 23.4 Å². The smallest absolute Gasteiger partial charge is 0.462 e. The summed E-state index contributed by atoms with van der Waals surface area (Å²) < 4.78 is 33.3. The predicted octanol–water partition coefficient (Wildman–Crippen LogP) is 8.23. The summed E-state index contributed by atoms with van der Waals surface area (Å²) in [5.41, 5.74) is 0. The molecular formula is C49H77O14P. The third-order valence-electron chi connectivity index (χ3n) is 9.89. The molecule has 0 aromatic carbocycles. The zero-order valence-corrected chi connectivity index (χ0v) is 38.9. The Hall–Kier alpha value is -3.56. The lowest BCUT2D eigenvalue weighted by atomic mass is 9.85. The molecule has 1 rings (SSSR count). The van der Waals surface area contributed by atoms with Gasteiger partial charge in [0.15, 0.2) is 11.9 Å². The molecule has 0 aliphatic heterocycles. The number of hydrogen-bond acceptors (Lipinski definition) is 13. The third kappa shape index (κ3) is 29.8. The number of allylic oxidation sites excluding steroid dienone is 16. The summed E-state index contributed by atoms with van der Waals surface area (Å²) in [6.07, 6.45) is 33.1. The molecule has 1 aliphatic carbocycles. The molecule has 0 amide bonds. The Kier molecular flexibility index (Phi) is 34.4. The van der Waals surface area contributed by atoms with Crippen molar-refractivity contribution in [3.05, 3.63) is 97.2 Å². The topological polar surface area (TPSA) is 227 Å². The van der Waals surface area contributed by atoms with E-state index in [1.54, 1.807) is 12.2 Å². The van der Waals surface area contributed by atoms with Crippen molar-refractivity contribution < 1.29 is 67.9 Å². The lowest BCUT2D eigenvalue weighted by molar-refractivity contribution is -0.220. The van der Waals surface area contributed by atoms with Gasteiger partial charge >= 0.3 is 19.8 Å². The normalized spacial score (nSPS) is 22.4. The molecule has 64 heavy (non-hydrogen) atoms. The Balaban J connectivity index is 2.58. The van der Waals surface area contributed by atoms with E-state index >= 15 is 0 Å². The number of ether oxygens (including phenoxy) is 2. The van der Waals surface area contributed by atoms with E-state index in [0.717, 1.165) is 70.6 Å². The van der Waals surface area contributed by atoms with E-state index < -0.39 is 75.7 Å². The molecule has 0 bridgehead atoms. The summed E-state index contributed by atoms with van der Waals surface area (Å²) >= 11 is 0. The van der Waals surface area contributed by atoms with Gasteiger partial charge in [-0.15, -0.1) is 0 Å². The van der Waals surface area contributed by atoms with Crippen LogP contribution in [0.4, 0.5) is 0 Å². The average Bonchev–Trinajstić information content (AvgIpc) is 3.27. The molecule has 1 saturated carbocycles. The van der Waals surface area contributed by atoms with Crippen LogP contribution < -0.4 is 0 Å². The van der Waals surface area contributed by atoms with E-state index in [4.69, 9.17) is 18.5 Å². The fourth-order valence-corrected chi connectivity index (χ4v) is 7.14. The van der Waals surface area contributed by atoms with Gasteiger partial charge in [-0.1, -0.05) is 131 Å². The standard InChI is InChI=1S/C49H77O14P/c1-3-5-7-9-11-13-15-17-18-19-20-22-24-26-28-30-32-36-43(52)62-41(39-61-64(58,59)63-49-47(56)45(54)44(53)46(55)48(49)57)38-60-42(51)37-33-35-40(50)34-31-29-27-25-23-21-16-14-12-10-8-6-4-2/h5,7,11-14,17-18,20-23,27,29,31,34,41,44-49,53-57H,3-4,6,8-10,15-16,19,24-26,28,30,32-33,35-39H2,1-2H3,(H,58,59)/b7-5-,13-11-,14-12-,18-17-,22-20-,23-21-,29-27-,34-31+/t41-,44?,45-,46+,47-,48-,49?/m1/s1. The Bertz CT molecular complexity index is 1550. The van der Waals surface area contributed by atoms with Gasteiger partial charge in [0, 0.05) is 19.3 Å². The Morgan fingerprint density at radius 1 is 0.547 bits per heavy atom. The molecule has 362 valence electrons. The maximum atomic E-state index is 12.8. The summed E-state index contributed by atoms with van der Waals surface area (Å²) in [5.74, 6) is -1.58. The Morgan fingerprint density at radius 2 is 1.05 bits per heavy atom. The van der Waals surface area contributed by atoms with Crippen LogP contribution >= 0.6 is 7.82 Å². The van der Waals surface area contributed by atoms with Crippen molar-refractivity contribution in [1.29, 1.82) is 0 Å². The van der Waals surface area contributed by atoms with Crippen molar-refractivity contribution in [3.63, 3.8) is 0 Å². The highest BCUT2D eigenvalue weighted by atomic mass is 31.2. The largest absolute Gasteiger partial charge is 0.472 e.